The molecule has 5 atom stereocenters. The van der Waals surface area contributed by atoms with Gasteiger partial charge in [0.25, 0.3) is 5.56 Å². The molecule has 0 amide bonds. The molecule has 2 N–H and O–H groups in total. The van der Waals surface area contributed by atoms with E-state index < -0.39 is 25.1 Å². The minimum atomic E-state index is -3.62. The zero-order chi connectivity index (χ0) is 19.4. The van der Waals surface area contributed by atoms with Crippen LogP contribution in [-0.4, -0.2) is 33.8 Å². The van der Waals surface area contributed by atoms with Crippen molar-refractivity contribution in [1.82, 2.24) is 9.55 Å². The highest BCUT2D eigenvalue weighted by Crippen LogP contribution is 2.46. The van der Waals surface area contributed by atoms with E-state index in [1.165, 1.54) is 17.9 Å². The maximum atomic E-state index is 12.0. The maximum Gasteiger partial charge on any atom is 0.330 e. The van der Waals surface area contributed by atoms with Crippen molar-refractivity contribution in [2.45, 2.75) is 53.4 Å². The molecule has 0 bridgehead atoms. The fraction of sp³-hybridized carbons (Fsp3) is 0.750. The number of hydrogen-bond acceptors (Lipinski definition) is 5. The number of aryl methyl sites for hydroxylation is 1. The lowest BCUT2D eigenvalue weighted by molar-refractivity contribution is -0.0279. The Hall–Kier alpha value is -1.21. The highest BCUT2D eigenvalue weighted by Gasteiger charge is 2.39. The van der Waals surface area contributed by atoms with E-state index >= 15 is 0 Å². The molecule has 1 aromatic rings. The molecule has 0 aromatic carbocycles. The van der Waals surface area contributed by atoms with E-state index in [-0.39, 0.29) is 24.1 Å². The van der Waals surface area contributed by atoms with Gasteiger partial charge in [0, 0.05) is 18.9 Å². The van der Waals surface area contributed by atoms with Crippen LogP contribution >= 0.6 is 7.60 Å². The Morgan fingerprint density at radius 3 is 2.64 bits per heavy atom. The van der Waals surface area contributed by atoms with Gasteiger partial charge in [-0.15, -0.1) is 0 Å². The third kappa shape index (κ3) is 5.38. The van der Waals surface area contributed by atoms with Gasteiger partial charge >= 0.3 is 13.3 Å². The average molecular weight is 376 g/mol. The minimum absolute atomic E-state index is 0.00915. The summed E-state index contributed by atoms with van der Waals surface area (Å²) in [6.07, 6.45) is 1.29. The van der Waals surface area contributed by atoms with Crippen molar-refractivity contribution < 1.29 is 18.7 Å². The van der Waals surface area contributed by atoms with Gasteiger partial charge < -0.3 is 14.2 Å². The van der Waals surface area contributed by atoms with Gasteiger partial charge in [-0.25, -0.2) is 4.79 Å². The molecule has 1 saturated heterocycles. The summed E-state index contributed by atoms with van der Waals surface area (Å²) >= 11 is 0. The van der Waals surface area contributed by atoms with Gasteiger partial charge in [0.2, 0.25) is 0 Å². The summed E-state index contributed by atoms with van der Waals surface area (Å²) in [4.78, 5) is 35.3. The first-order chi connectivity index (χ1) is 11.6. The largest absolute Gasteiger partial charge is 0.354 e. The molecule has 2 rings (SSSR count). The van der Waals surface area contributed by atoms with Crippen LogP contribution in [0.25, 0.3) is 0 Å². The van der Waals surface area contributed by atoms with Crippen LogP contribution in [0, 0.1) is 18.8 Å². The number of rotatable bonds is 5. The monoisotopic (exact) mass is 376 g/mol. The number of aromatic nitrogens is 2. The predicted octanol–water partition coefficient (Wildman–Crippen LogP) is 2.26. The van der Waals surface area contributed by atoms with E-state index in [0.29, 0.717) is 12.0 Å². The van der Waals surface area contributed by atoms with Crippen molar-refractivity contribution in [2.24, 2.45) is 11.8 Å². The Bertz CT molecular complexity index is 728. The summed E-state index contributed by atoms with van der Waals surface area (Å²) in [5, 5.41) is 0. The number of H-pyrrole nitrogens is 1. The summed E-state index contributed by atoms with van der Waals surface area (Å²) in [6.45, 7) is 9.42. The second-order valence-corrected chi connectivity index (χ2v) is 8.23. The molecule has 1 aliphatic rings. The van der Waals surface area contributed by atoms with Crippen LogP contribution in [0.3, 0.4) is 0 Å². The van der Waals surface area contributed by atoms with Crippen molar-refractivity contribution in [1.29, 1.82) is 0 Å². The molecular formula is C16H29N2O6P. The topological polar surface area (TPSA) is 111 Å². The summed E-state index contributed by atoms with van der Waals surface area (Å²) in [5.74, 6) is -0.101. The van der Waals surface area contributed by atoms with Crippen molar-refractivity contribution in [3.05, 3.63) is 32.6 Å². The van der Waals surface area contributed by atoms with Crippen LogP contribution in [0.5, 0.6) is 0 Å². The van der Waals surface area contributed by atoms with Gasteiger partial charge in [-0.1, -0.05) is 27.7 Å². The van der Waals surface area contributed by atoms with Crippen LogP contribution in [0.1, 0.15) is 45.9 Å². The zero-order valence-corrected chi connectivity index (χ0v) is 16.6. The molecule has 144 valence electrons. The van der Waals surface area contributed by atoms with E-state index in [0.717, 1.165) is 0 Å². The lowest BCUT2D eigenvalue weighted by Crippen LogP contribution is -2.33. The summed E-state index contributed by atoms with van der Waals surface area (Å²) in [6, 6.07) is 0. The fourth-order valence-electron chi connectivity index (χ4n) is 3.04. The van der Waals surface area contributed by atoms with Gasteiger partial charge in [0.15, 0.2) is 0 Å². The van der Waals surface area contributed by atoms with E-state index in [1.807, 2.05) is 27.7 Å². The standard InChI is InChI=1S/C14H23N2O6P.C2H6/c1-8-5-11(16-6-9(2)13(17)15-14(16)18)22-12(8)10(3)7-23(19,20)21-4;1-2/h6,8,10-12H,5,7H2,1-4H3,(H,19,20)(H,15,17,18);1-2H3. The van der Waals surface area contributed by atoms with Crippen LogP contribution in [-0.2, 0) is 13.8 Å². The fourth-order valence-corrected chi connectivity index (χ4v) is 4.12. The number of nitrogens with one attached hydrogen (secondary N) is 1. The summed E-state index contributed by atoms with van der Waals surface area (Å²) in [5.41, 5.74) is -0.504. The first kappa shape index (κ1) is 21.8. The third-order valence-corrected chi connectivity index (χ3v) is 5.88. The van der Waals surface area contributed by atoms with Crippen LogP contribution in [0.15, 0.2) is 15.8 Å². The lowest BCUT2D eigenvalue weighted by Gasteiger charge is -2.24. The molecule has 0 aliphatic carbocycles. The van der Waals surface area contributed by atoms with Crippen molar-refractivity contribution in [2.75, 3.05) is 13.3 Å². The smallest absolute Gasteiger partial charge is 0.330 e. The highest BCUT2D eigenvalue weighted by atomic mass is 31.2. The Labute approximate surface area is 147 Å². The maximum absolute atomic E-state index is 12.0. The van der Waals surface area contributed by atoms with E-state index in [9.17, 15) is 19.0 Å². The molecule has 5 unspecified atom stereocenters. The van der Waals surface area contributed by atoms with E-state index in [2.05, 4.69) is 9.51 Å². The van der Waals surface area contributed by atoms with Gasteiger partial charge in [-0.3, -0.25) is 18.9 Å². The van der Waals surface area contributed by atoms with Gasteiger partial charge in [0.05, 0.1) is 12.3 Å². The highest BCUT2D eigenvalue weighted by molar-refractivity contribution is 7.52. The molecule has 0 radical (unpaired) electrons. The third-order valence-electron chi connectivity index (χ3n) is 4.27. The van der Waals surface area contributed by atoms with E-state index in [1.54, 1.807) is 6.92 Å². The summed E-state index contributed by atoms with van der Waals surface area (Å²) in [7, 11) is -2.41. The molecule has 1 aliphatic heterocycles. The van der Waals surface area contributed by atoms with Crippen molar-refractivity contribution >= 4 is 7.60 Å². The van der Waals surface area contributed by atoms with Gasteiger partial charge in [-0.05, 0) is 25.2 Å². The van der Waals surface area contributed by atoms with Crippen LogP contribution in [0.2, 0.25) is 0 Å². The molecule has 1 fully saturated rings. The Morgan fingerprint density at radius 1 is 1.48 bits per heavy atom. The Kier molecular flexibility index (Phi) is 7.81. The molecule has 0 saturated carbocycles. The molecule has 25 heavy (non-hydrogen) atoms. The first-order valence-electron chi connectivity index (χ1n) is 8.49. The normalized spacial score (nSPS) is 26.4. The van der Waals surface area contributed by atoms with Crippen LogP contribution < -0.4 is 11.2 Å². The molecular weight excluding hydrogens is 347 g/mol. The number of nitrogens with zero attached hydrogens (tertiary/aromatic N) is 1. The minimum Gasteiger partial charge on any atom is -0.354 e. The van der Waals surface area contributed by atoms with Crippen molar-refractivity contribution in [3.63, 3.8) is 0 Å². The second kappa shape index (κ2) is 8.94. The molecule has 2 heterocycles. The first-order valence-corrected chi connectivity index (χ1v) is 10.3. The van der Waals surface area contributed by atoms with Gasteiger partial charge in [0.1, 0.15) is 6.23 Å². The second-order valence-electron chi connectivity index (χ2n) is 6.23. The molecule has 9 heteroatoms. The SMILES string of the molecule is CC.COP(=O)(O)CC(C)C1OC(n2cc(C)c(=O)[nH]c2=O)CC1C. The summed E-state index contributed by atoms with van der Waals surface area (Å²) < 4.78 is 23.7. The molecule has 8 nitrogen and oxygen atoms in total. The Balaban J connectivity index is 0.00000151. The number of hydrogen-bond donors (Lipinski definition) is 2. The zero-order valence-electron chi connectivity index (χ0n) is 15.7. The molecule has 0 spiro atoms. The number of ether oxygens (including phenoxy) is 1. The van der Waals surface area contributed by atoms with Gasteiger partial charge in [-0.2, -0.15) is 0 Å². The van der Waals surface area contributed by atoms with E-state index in [4.69, 9.17) is 4.74 Å². The lowest BCUT2D eigenvalue weighted by atomic mass is 9.94. The quantitative estimate of drug-likeness (QED) is 0.763. The predicted molar refractivity (Wildman–Crippen MR) is 96.0 cm³/mol. The van der Waals surface area contributed by atoms with Crippen LogP contribution in [0.4, 0.5) is 0 Å². The Morgan fingerprint density at radius 2 is 2.08 bits per heavy atom. The molecule has 1 aromatic heterocycles. The average Bonchev–Trinajstić information content (AvgIpc) is 2.94. The number of aromatic amines is 1. The van der Waals surface area contributed by atoms with Crippen molar-refractivity contribution in [3.8, 4) is 0 Å².